The van der Waals surface area contributed by atoms with Crippen molar-refractivity contribution >= 4 is 68.9 Å². The predicted octanol–water partition coefficient (Wildman–Crippen LogP) is 5.57. The number of hydrogen-bond acceptors (Lipinski definition) is 5. The van der Waals surface area contributed by atoms with E-state index in [-0.39, 0.29) is 17.6 Å². The first-order valence-corrected chi connectivity index (χ1v) is 10.9. The van der Waals surface area contributed by atoms with Gasteiger partial charge in [-0.2, -0.15) is 0 Å². The number of halogens is 2. The third kappa shape index (κ3) is 5.72. The minimum absolute atomic E-state index is 0.195. The van der Waals surface area contributed by atoms with Gasteiger partial charge in [-0.15, -0.1) is 23.1 Å². The minimum Gasteiger partial charge on any atom is -0.325 e. The number of thiazole rings is 1. The molecule has 2 amide bonds. The maximum Gasteiger partial charge on any atom is 0.259 e. The van der Waals surface area contributed by atoms with E-state index in [0.717, 1.165) is 5.56 Å². The van der Waals surface area contributed by atoms with Gasteiger partial charge in [0, 0.05) is 17.3 Å². The SMILES string of the molecule is O=C(CSCc1ccc(Cl)c(Cl)c1)Nc1ccccc1C(=O)Nc1nccs1. The molecule has 0 saturated carbocycles. The van der Waals surface area contributed by atoms with Crippen molar-refractivity contribution in [2.75, 3.05) is 16.4 Å². The Kier molecular flexibility index (Phi) is 7.33. The normalized spacial score (nSPS) is 10.5. The highest BCUT2D eigenvalue weighted by Crippen LogP contribution is 2.25. The van der Waals surface area contributed by atoms with Gasteiger partial charge in [-0.1, -0.05) is 41.4 Å². The fraction of sp³-hybridized carbons (Fsp3) is 0.105. The number of thioether (sulfide) groups is 1. The van der Waals surface area contributed by atoms with Crippen molar-refractivity contribution < 1.29 is 9.59 Å². The molecular weight excluding hydrogens is 437 g/mol. The van der Waals surface area contributed by atoms with Gasteiger partial charge in [0.05, 0.1) is 27.0 Å². The van der Waals surface area contributed by atoms with Crippen LogP contribution in [0.4, 0.5) is 10.8 Å². The van der Waals surface area contributed by atoms with Crippen LogP contribution in [-0.4, -0.2) is 22.6 Å². The molecule has 0 radical (unpaired) electrons. The first-order valence-electron chi connectivity index (χ1n) is 8.14. The second-order valence-electron chi connectivity index (χ2n) is 5.63. The molecule has 0 aliphatic carbocycles. The fourth-order valence-electron chi connectivity index (χ4n) is 2.32. The van der Waals surface area contributed by atoms with Crippen molar-refractivity contribution in [2.24, 2.45) is 0 Å². The first-order chi connectivity index (χ1) is 13.5. The van der Waals surface area contributed by atoms with Gasteiger partial charge in [-0.25, -0.2) is 4.98 Å². The number of nitrogens with zero attached hydrogens (tertiary/aromatic N) is 1. The summed E-state index contributed by atoms with van der Waals surface area (Å²) in [6.07, 6.45) is 1.61. The van der Waals surface area contributed by atoms with Crippen LogP contribution in [0.25, 0.3) is 0 Å². The van der Waals surface area contributed by atoms with Crippen LogP contribution in [0.2, 0.25) is 10.0 Å². The minimum atomic E-state index is -0.325. The highest BCUT2D eigenvalue weighted by Gasteiger charge is 2.14. The lowest BCUT2D eigenvalue weighted by molar-refractivity contribution is -0.113. The molecule has 0 spiro atoms. The third-order valence-corrected chi connectivity index (χ3v) is 6.02. The highest BCUT2D eigenvalue weighted by atomic mass is 35.5. The Hall–Kier alpha value is -2.06. The van der Waals surface area contributed by atoms with E-state index < -0.39 is 0 Å². The van der Waals surface area contributed by atoms with Crippen molar-refractivity contribution in [1.82, 2.24) is 4.98 Å². The Morgan fingerprint density at radius 1 is 1.07 bits per heavy atom. The number of hydrogen-bond donors (Lipinski definition) is 2. The Morgan fingerprint density at radius 3 is 2.64 bits per heavy atom. The van der Waals surface area contributed by atoms with Crippen LogP contribution in [0.1, 0.15) is 15.9 Å². The molecule has 0 saturated heterocycles. The maximum absolute atomic E-state index is 12.4. The van der Waals surface area contributed by atoms with E-state index >= 15 is 0 Å². The van der Waals surface area contributed by atoms with Gasteiger partial charge >= 0.3 is 0 Å². The number of amides is 2. The predicted molar refractivity (Wildman–Crippen MR) is 118 cm³/mol. The van der Waals surface area contributed by atoms with Crippen molar-refractivity contribution in [1.29, 1.82) is 0 Å². The average molecular weight is 452 g/mol. The molecule has 0 aliphatic heterocycles. The maximum atomic E-state index is 12.4. The Labute approximate surface area is 180 Å². The second kappa shape index (κ2) is 9.93. The van der Waals surface area contributed by atoms with Crippen molar-refractivity contribution in [3.63, 3.8) is 0 Å². The molecule has 0 fully saturated rings. The summed E-state index contributed by atoms with van der Waals surface area (Å²) in [5.74, 6) is 0.341. The van der Waals surface area contributed by atoms with Gasteiger partial charge in [-0.05, 0) is 29.8 Å². The van der Waals surface area contributed by atoms with Gasteiger partial charge in [-0.3, -0.25) is 14.9 Å². The van der Waals surface area contributed by atoms with E-state index in [9.17, 15) is 9.59 Å². The Morgan fingerprint density at radius 2 is 1.89 bits per heavy atom. The van der Waals surface area contributed by atoms with Gasteiger partial charge in [0.25, 0.3) is 5.91 Å². The molecule has 0 aliphatic rings. The van der Waals surface area contributed by atoms with Crippen LogP contribution in [-0.2, 0) is 10.5 Å². The molecule has 1 heterocycles. The first kappa shape index (κ1) is 20.7. The molecule has 5 nitrogen and oxygen atoms in total. The summed E-state index contributed by atoms with van der Waals surface area (Å²) in [5, 5.41) is 8.77. The Balaban J connectivity index is 1.56. The quantitative estimate of drug-likeness (QED) is 0.492. The number of carbonyl (C=O) groups is 2. The topological polar surface area (TPSA) is 71.1 Å². The summed E-state index contributed by atoms with van der Waals surface area (Å²) in [6.45, 7) is 0. The number of para-hydroxylation sites is 1. The summed E-state index contributed by atoms with van der Waals surface area (Å²) in [6, 6.07) is 12.2. The molecule has 1 aromatic heterocycles. The second-order valence-corrected chi connectivity index (χ2v) is 8.32. The van der Waals surface area contributed by atoms with Crippen LogP contribution in [0.15, 0.2) is 54.0 Å². The Bertz CT molecular complexity index is 981. The molecule has 28 heavy (non-hydrogen) atoms. The summed E-state index contributed by atoms with van der Waals surface area (Å²) in [4.78, 5) is 28.8. The molecule has 9 heteroatoms. The number of anilines is 2. The van der Waals surface area contributed by atoms with Crippen LogP contribution < -0.4 is 10.6 Å². The van der Waals surface area contributed by atoms with Crippen molar-refractivity contribution in [3.8, 4) is 0 Å². The van der Waals surface area contributed by atoms with E-state index in [1.807, 2.05) is 6.07 Å². The molecule has 0 atom stereocenters. The van der Waals surface area contributed by atoms with E-state index in [4.69, 9.17) is 23.2 Å². The van der Waals surface area contributed by atoms with Gasteiger partial charge in [0.1, 0.15) is 0 Å². The average Bonchev–Trinajstić information content (AvgIpc) is 3.18. The summed E-state index contributed by atoms with van der Waals surface area (Å²) in [5.41, 5.74) is 1.81. The zero-order valence-corrected chi connectivity index (χ0v) is 17.6. The smallest absolute Gasteiger partial charge is 0.259 e. The fourth-order valence-corrected chi connectivity index (χ4v) is 3.94. The van der Waals surface area contributed by atoms with E-state index in [1.54, 1.807) is 48.0 Å². The molecule has 144 valence electrons. The number of carbonyl (C=O) groups excluding carboxylic acids is 2. The van der Waals surface area contributed by atoms with Crippen molar-refractivity contribution in [2.45, 2.75) is 5.75 Å². The van der Waals surface area contributed by atoms with Gasteiger partial charge in [0.15, 0.2) is 5.13 Å². The van der Waals surface area contributed by atoms with E-state index in [0.29, 0.717) is 32.2 Å². The molecule has 2 aromatic carbocycles. The standard InChI is InChI=1S/C19H15Cl2N3O2S2/c20-14-6-5-12(9-15(14)21)10-27-11-17(25)23-16-4-2-1-3-13(16)18(26)24-19-22-7-8-28-19/h1-9H,10-11H2,(H,23,25)(H,22,24,26). The molecule has 2 N–H and O–H groups in total. The van der Waals surface area contributed by atoms with Gasteiger partial charge < -0.3 is 5.32 Å². The summed E-state index contributed by atoms with van der Waals surface area (Å²) >= 11 is 14.7. The zero-order valence-electron chi connectivity index (χ0n) is 14.4. The lowest BCUT2D eigenvalue weighted by Crippen LogP contribution is -2.19. The highest BCUT2D eigenvalue weighted by molar-refractivity contribution is 7.99. The molecule has 3 rings (SSSR count). The van der Waals surface area contributed by atoms with E-state index in [1.165, 1.54) is 23.1 Å². The van der Waals surface area contributed by atoms with Crippen molar-refractivity contribution in [3.05, 3.63) is 75.2 Å². The molecule has 0 unspecified atom stereocenters. The summed E-state index contributed by atoms with van der Waals surface area (Å²) < 4.78 is 0. The number of rotatable bonds is 7. The van der Waals surface area contributed by atoms with Crippen LogP contribution in [0.3, 0.4) is 0 Å². The van der Waals surface area contributed by atoms with Crippen LogP contribution >= 0.6 is 46.3 Å². The zero-order chi connectivity index (χ0) is 19.9. The molecular formula is C19H15Cl2N3O2S2. The number of aromatic nitrogens is 1. The molecule has 3 aromatic rings. The third-order valence-electron chi connectivity index (χ3n) is 3.58. The largest absolute Gasteiger partial charge is 0.325 e. The van der Waals surface area contributed by atoms with Crippen LogP contribution in [0, 0.1) is 0 Å². The monoisotopic (exact) mass is 451 g/mol. The lowest BCUT2D eigenvalue weighted by Gasteiger charge is -2.10. The van der Waals surface area contributed by atoms with E-state index in [2.05, 4.69) is 15.6 Å². The lowest BCUT2D eigenvalue weighted by atomic mass is 10.1. The van der Waals surface area contributed by atoms with Crippen LogP contribution in [0.5, 0.6) is 0 Å². The molecule has 0 bridgehead atoms. The number of benzene rings is 2. The van der Waals surface area contributed by atoms with Gasteiger partial charge in [0.2, 0.25) is 5.91 Å². The number of nitrogens with one attached hydrogen (secondary N) is 2. The summed E-state index contributed by atoms with van der Waals surface area (Å²) in [7, 11) is 0.